The second-order valence-corrected chi connectivity index (χ2v) is 5.45. The molecule has 0 bridgehead atoms. The highest BCUT2D eigenvalue weighted by Gasteiger charge is 2.07. The monoisotopic (exact) mass is 348 g/mol. The van der Waals surface area contributed by atoms with Crippen LogP contribution in [0.4, 0.5) is 5.69 Å². The van der Waals surface area contributed by atoms with E-state index in [1.54, 1.807) is 19.2 Å². The van der Waals surface area contributed by atoms with Crippen molar-refractivity contribution in [3.8, 4) is 6.07 Å². The standard InChI is InChI=1S/C14H13BrN4O2/c1-18-11(6-13(20)19(2)14(18)21)8-17-12-4-3-10(15)5-9(12)7-16/h3-6,17H,8H2,1-2H3. The summed E-state index contributed by atoms with van der Waals surface area (Å²) >= 11 is 3.30. The minimum Gasteiger partial charge on any atom is -0.378 e. The number of hydrogen-bond donors (Lipinski definition) is 1. The van der Waals surface area contributed by atoms with Gasteiger partial charge < -0.3 is 5.32 Å². The Hall–Kier alpha value is -2.33. The number of nitriles is 1. The normalized spacial score (nSPS) is 10.2. The van der Waals surface area contributed by atoms with Crippen molar-refractivity contribution < 1.29 is 0 Å². The summed E-state index contributed by atoms with van der Waals surface area (Å²) in [5, 5.41) is 12.2. The van der Waals surface area contributed by atoms with Gasteiger partial charge in [0.25, 0.3) is 5.56 Å². The topological polar surface area (TPSA) is 79.8 Å². The number of nitrogens with zero attached hydrogens (tertiary/aromatic N) is 3. The fourth-order valence-electron chi connectivity index (χ4n) is 1.90. The first kappa shape index (κ1) is 15.1. The molecule has 0 fully saturated rings. The van der Waals surface area contributed by atoms with Crippen LogP contribution < -0.4 is 16.6 Å². The second kappa shape index (κ2) is 5.97. The highest BCUT2D eigenvalue weighted by molar-refractivity contribution is 9.10. The molecule has 0 spiro atoms. The summed E-state index contributed by atoms with van der Waals surface area (Å²) in [5.41, 5.74) is 0.948. The molecule has 1 heterocycles. The Bertz CT molecular complexity index is 846. The van der Waals surface area contributed by atoms with E-state index in [-0.39, 0.29) is 17.8 Å². The molecule has 1 N–H and O–H groups in total. The average molecular weight is 349 g/mol. The van der Waals surface area contributed by atoms with Crippen LogP contribution in [-0.4, -0.2) is 9.13 Å². The zero-order valence-corrected chi connectivity index (χ0v) is 13.1. The molecule has 0 aliphatic heterocycles. The molecular formula is C14H13BrN4O2. The van der Waals surface area contributed by atoms with Crippen LogP contribution in [0.1, 0.15) is 11.3 Å². The lowest BCUT2D eigenvalue weighted by Gasteiger charge is -2.12. The van der Waals surface area contributed by atoms with E-state index in [0.717, 1.165) is 9.04 Å². The Morgan fingerprint density at radius 2 is 1.95 bits per heavy atom. The molecule has 21 heavy (non-hydrogen) atoms. The van der Waals surface area contributed by atoms with Crippen molar-refractivity contribution in [3.63, 3.8) is 0 Å². The summed E-state index contributed by atoms with van der Waals surface area (Å²) in [6, 6.07) is 8.77. The van der Waals surface area contributed by atoms with Gasteiger partial charge >= 0.3 is 5.69 Å². The minimum absolute atomic E-state index is 0.276. The molecule has 1 aromatic heterocycles. The molecule has 0 aliphatic carbocycles. The van der Waals surface area contributed by atoms with Gasteiger partial charge in [0.1, 0.15) is 6.07 Å². The number of hydrogen-bond acceptors (Lipinski definition) is 4. The molecule has 2 rings (SSSR count). The molecule has 0 amide bonds. The molecule has 0 saturated carbocycles. The smallest absolute Gasteiger partial charge is 0.330 e. The highest BCUT2D eigenvalue weighted by Crippen LogP contribution is 2.20. The summed E-state index contributed by atoms with van der Waals surface area (Å²) in [4.78, 5) is 23.5. The largest absolute Gasteiger partial charge is 0.378 e. The molecule has 108 valence electrons. The van der Waals surface area contributed by atoms with Crippen molar-refractivity contribution in [3.05, 3.63) is 60.8 Å². The Labute approximate surface area is 129 Å². The van der Waals surface area contributed by atoms with Gasteiger partial charge in [-0.2, -0.15) is 5.26 Å². The molecule has 7 heteroatoms. The van der Waals surface area contributed by atoms with Crippen LogP contribution in [0.5, 0.6) is 0 Å². The second-order valence-electron chi connectivity index (χ2n) is 4.53. The molecule has 6 nitrogen and oxygen atoms in total. The Balaban J connectivity index is 2.32. The zero-order valence-electron chi connectivity index (χ0n) is 11.6. The lowest BCUT2D eigenvalue weighted by molar-refractivity contribution is 0.655. The van der Waals surface area contributed by atoms with E-state index in [0.29, 0.717) is 16.9 Å². The fourth-order valence-corrected chi connectivity index (χ4v) is 2.26. The van der Waals surface area contributed by atoms with E-state index in [9.17, 15) is 9.59 Å². The van der Waals surface area contributed by atoms with Gasteiger partial charge in [0, 0.05) is 30.3 Å². The van der Waals surface area contributed by atoms with Gasteiger partial charge in [-0.1, -0.05) is 15.9 Å². The minimum atomic E-state index is -0.379. The summed E-state index contributed by atoms with van der Waals surface area (Å²) in [7, 11) is 3.04. The quantitative estimate of drug-likeness (QED) is 0.907. The van der Waals surface area contributed by atoms with Gasteiger partial charge in [-0.05, 0) is 18.2 Å². The Morgan fingerprint density at radius 3 is 2.62 bits per heavy atom. The first-order valence-corrected chi connectivity index (χ1v) is 6.93. The van der Waals surface area contributed by atoms with Crippen LogP contribution in [0.3, 0.4) is 0 Å². The maximum absolute atomic E-state index is 11.8. The fraction of sp³-hybridized carbons (Fsp3) is 0.214. The number of halogens is 1. The number of rotatable bonds is 3. The van der Waals surface area contributed by atoms with Gasteiger partial charge in [0.05, 0.1) is 17.8 Å². The van der Waals surface area contributed by atoms with Crippen LogP contribution in [0, 0.1) is 11.3 Å². The highest BCUT2D eigenvalue weighted by atomic mass is 79.9. The van der Waals surface area contributed by atoms with Crippen LogP contribution in [-0.2, 0) is 20.6 Å². The van der Waals surface area contributed by atoms with E-state index in [2.05, 4.69) is 27.3 Å². The van der Waals surface area contributed by atoms with Crippen LogP contribution in [0.25, 0.3) is 0 Å². The number of anilines is 1. The van der Waals surface area contributed by atoms with Crippen LogP contribution in [0.2, 0.25) is 0 Å². The van der Waals surface area contributed by atoms with E-state index in [1.807, 2.05) is 6.07 Å². The first-order chi connectivity index (χ1) is 9.93. The maximum atomic E-state index is 11.8. The summed E-state index contributed by atoms with van der Waals surface area (Å²) < 4.78 is 3.26. The molecule has 1 aromatic carbocycles. The van der Waals surface area contributed by atoms with Gasteiger partial charge in [0.15, 0.2) is 0 Å². The third-order valence-electron chi connectivity index (χ3n) is 3.19. The van der Waals surface area contributed by atoms with E-state index in [4.69, 9.17) is 5.26 Å². The van der Waals surface area contributed by atoms with E-state index in [1.165, 1.54) is 17.7 Å². The number of benzene rings is 1. The Kier molecular flexibility index (Phi) is 4.29. The first-order valence-electron chi connectivity index (χ1n) is 6.13. The van der Waals surface area contributed by atoms with Gasteiger partial charge in [-0.15, -0.1) is 0 Å². The van der Waals surface area contributed by atoms with Crippen LogP contribution >= 0.6 is 15.9 Å². The van der Waals surface area contributed by atoms with Crippen molar-refractivity contribution in [2.75, 3.05) is 5.32 Å². The zero-order chi connectivity index (χ0) is 15.6. The molecule has 0 radical (unpaired) electrons. The van der Waals surface area contributed by atoms with Crippen molar-refractivity contribution in [2.24, 2.45) is 14.1 Å². The predicted octanol–water partition coefficient (Wildman–Crippen LogP) is 1.33. The Morgan fingerprint density at radius 1 is 1.24 bits per heavy atom. The summed E-state index contributed by atoms with van der Waals surface area (Å²) in [5.74, 6) is 0. The molecule has 0 aliphatic rings. The molecule has 2 aromatic rings. The van der Waals surface area contributed by atoms with Crippen molar-refractivity contribution in [2.45, 2.75) is 6.54 Å². The van der Waals surface area contributed by atoms with Gasteiger partial charge in [-0.25, -0.2) is 4.79 Å². The van der Waals surface area contributed by atoms with Crippen molar-refractivity contribution in [1.29, 1.82) is 5.26 Å². The van der Waals surface area contributed by atoms with Crippen molar-refractivity contribution >= 4 is 21.6 Å². The average Bonchev–Trinajstić information content (AvgIpc) is 2.48. The lowest BCUT2D eigenvalue weighted by Crippen LogP contribution is -2.38. The molecule has 0 saturated heterocycles. The molecule has 0 atom stereocenters. The predicted molar refractivity (Wildman–Crippen MR) is 83.1 cm³/mol. The number of aromatic nitrogens is 2. The van der Waals surface area contributed by atoms with Crippen LogP contribution in [0.15, 0.2) is 38.3 Å². The number of nitrogens with one attached hydrogen (secondary N) is 1. The molecule has 0 unspecified atom stereocenters. The van der Waals surface area contributed by atoms with E-state index >= 15 is 0 Å². The molecular weight excluding hydrogens is 336 g/mol. The van der Waals surface area contributed by atoms with Crippen molar-refractivity contribution in [1.82, 2.24) is 9.13 Å². The third-order valence-corrected chi connectivity index (χ3v) is 3.68. The maximum Gasteiger partial charge on any atom is 0.330 e. The lowest BCUT2D eigenvalue weighted by atomic mass is 10.2. The summed E-state index contributed by atoms with van der Waals surface area (Å²) in [6.45, 7) is 0.276. The summed E-state index contributed by atoms with van der Waals surface area (Å²) in [6.07, 6.45) is 0. The van der Waals surface area contributed by atoms with Gasteiger partial charge in [-0.3, -0.25) is 13.9 Å². The third kappa shape index (κ3) is 3.06. The van der Waals surface area contributed by atoms with E-state index < -0.39 is 0 Å². The van der Waals surface area contributed by atoms with Gasteiger partial charge in [0.2, 0.25) is 0 Å². The SMILES string of the molecule is Cn1c(CNc2ccc(Br)cc2C#N)cc(=O)n(C)c1=O.